The summed E-state index contributed by atoms with van der Waals surface area (Å²) in [5.41, 5.74) is 2.53. The molecule has 0 aliphatic carbocycles. The summed E-state index contributed by atoms with van der Waals surface area (Å²) in [7, 11) is 0. The van der Waals surface area contributed by atoms with E-state index in [4.69, 9.17) is 9.84 Å². The van der Waals surface area contributed by atoms with Crippen LogP contribution >= 0.6 is 0 Å². The zero-order valence-corrected chi connectivity index (χ0v) is 11.6. The summed E-state index contributed by atoms with van der Waals surface area (Å²) in [6, 6.07) is 18.1. The second-order valence-electron chi connectivity index (χ2n) is 5.19. The number of hydrogen-bond donors (Lipinski definition) is 1. The van der Waals surface area contributed by atoms with Crippen LogP contribution in [0.5, 0.6) is 5.75 Å². The summed E-state index contributed by atoms with van der Waals surface area (Å²) in [6.07, 6.45) is 0. The van der Waals surface area contributed by atoms with Gasteiger partial charge in [0.15, 0.2) is 6.61 Å². The van der Waals surface area contributed by atoms with Crippen molar-refractivity contribution in [3.63, 3.8) is 0 Å². The first-order valence-corrected chi connectivity index (χ1v) is 6.97. The third-order valence-electron chi connectivity index (χ3n) is 3.72. The first-order valence-electron chi connectivity index (χ1n) is 6.97. The second kappa shape index (κ2) is 5.87. The lowest BCUT2D eigenvalue weighted by atomic mass is 9.91. The van der Waals surface area contributed by atoms with E-state index in [1.54, 1.807) is 0 Å². The average Bonchev–Trinajstić information content (AvgIpc) is 2.46. The second-order valence-corrected chi connectivity index (χ2v) is 5.19. The standard InChI is InChI=1S/C17H17NO3/c19-17(20)12-21-16-8-6-15(7-9-16)18-10-14(11-18)13-4-2-1-3-5-13/h1-9,14H,10-12H2,(H,19,20). The van der Waals surface area contributed by atoms with E-state index in [-0.39, 0.29) is 6.61 Å². The minimum absolute atomic E-state index is 0.306. The fourth-order valence-electron chi connectivity index (χ4n) is 2.52. The lowest BCUT2D eigenvalue weighted by Gasteiger charge is -2.41. The summed E-state index contributed by atoms with van der Waals surface area (Å²) >= 11 is 0. The van der Waals surface area contributed by atoms with Crippen molar-refractivity contribution < 1.29 is 14.6 Å². The molecule has 1 fully saturated rings. The topological polar surface area (TPSA) is 49.8 Å². The molecular formula is C17H17NO3. The molecule has 0 saturated carbocycles. The van der Waals surface area contributed by atoms with Crippen molar-refractivity contribution in [1.29, 1.82) is 0 Å². The fourth-order valence-corrected chi connectivity index (χ4v) is 2.52. The molecule has 0 aromatic heterocycles. The Morgan fingerprint density at radius 3 is 2.38 bits per heavy atom. The van der Waals surface area contributed by atoms with Crippen molar-refractivity contribution in [3.05, 3.63) is 60.2 Å². The van der Waals surface area contributed by atoms with Gasteiger partial charge in [-0.05, 0) is 29.8 Å². The molecule has 1 N–H and O–H groups in total. The Bertz CT molecular complexity index is 604. The molecular weight excluding hydrogens is 266 g/mol. The summed E-state index contributed by atoms with van der Waals surface area (Å²) in [5.74, 6) is 0.211. The van der Waals surface area contributed by atoms with Crippen LogP contribution in [0.1, 0.15) is 11.5 Å². The van der Waals surface area contributed by atoms with Gasteiger partial charge in [0, 0.05) is 24.7 Å². The number of rotatable bonds is 5. The van der Waals surface area contributed by atoms with Gasteiger partial charge in [-0.2, -0.15) is 0 Å². The molecule has 0 radical (unpaired) electrons. The molecule has 2 aromatic rings. The zero-order chi connectivity index (χ0) is 14.7. The highest BCUT2D eigenvalue weighted by Gasteiger charge is 2.27. The predicted molar refractivity (Wildman–Crippen MR) is 81.0 cm³/mol. The molecule has 1 saturated heterocycles. The molecule has 1 aliphatic rings. The van der Waals surface area contributed by atoms with Crippen LogP contribution in [0, 0.1) is 0 Å². The van der Waals surface area contributed by atoms with Gasteiger partial charge >= 0.3 is 5.97 Å². The van der Waals surface area contributed by atoms with Crippen LogP contribution < -0.4 is 9.64 Å². The summed E-state index contributed by atoms with van der Waals surface area (Å²) in [5, 5.41) is 8.57. The van der Waals surface area contributed by atoms with Crippen molar-refractivity contribution in [3.8, 4) is 5.75 Å². The largest absolute Gasteiger partial charge is 0.482 e. The maximum Gasteiger partial charge on any atom is 0.341 e. The first kappa shape index (κ1) is 13.5. The predicted octanol–water partition coefficient (Wildman–Crippen LogP) is 2.75. The molecule has 21 heavy (non-hydrogen) atoms. The number of nitrogens with zero attached hydrogens (tertiary/aromatic N) is 1. The van der Waals surface area contributed by atoms with E-state index in [2.05, 4.69) is 29.2 Å². The van der Waals surface area contributed by atoms with E-state index >= 15 is 0 Å². The molecule has 1 aliphatic heterocycles. The van der Waals surface area contributed by atoms with E-state index in [9.17, 15) is 4.79 Å². The van der Waals surface area contributed by atoms with Gasteiger partial charge in [-0.3, -0.25) is 0 Å². The quantitative estimate of drug-likeness (QED) is 0.916. The van der Waals surface area contributed by atoms with Crippen LogP contribution in [-0.2, 0) is 4.79 Å². The van der Waals surface area contributed by atoms with Crippen LogP contribution in [0.25, 0.3) is 0 Å². The molecule has 2 aromatic carbocycles. The number of carboxylic acid groups (broad SMARTS) is 1. The number of carbonyl (C=O) groups is 1. The molecule has 0 spiro atoms. The van der Waals surface area contributed by atoms with Crippen molar-refractivity contribution >= 4 is 11.7 Å². The van der Waals surface area contributed by atoms with Gasteiger partial charge in [-0.15, -0.1) is 0 Å². The minimum Gasteiger partial charge on any atom is -0.482 e. The lowest BCUT2D eigenvalue weighted by molar-refractivity contribution is -0.139. The number of ether oxygens (including phenoxy) is 1. The first-order chi connectivity index (χ1) is 10.2. The highest BCUT2D eigenvalue weighted by molar-refractivity contribution is 5.68. The van der Waals surface area contributed by atoms with Gasteiger partial charge in [0.05, 0.1) is 0 Å². The van der Waals surface area contributed by atoms with E-state index in [1.165, 1.54) is 5.56 Å². The van der Waals surface area contributed by atoms with Gasteiger partial charge in [-0.25, -0.2) is 4.79 Å². The third-order valence-corrected chi connectivity index (χ3v) is 3.72. The Balaban J connectivity index is 1.56. The normalized spacial score (nSPS) is 14.6. The zero-order valence-electron chi connectivity index (χ0n) is 11.6. The van der Waals surface area contributed by atoms with Crippen molar-refractivity contribution in [2.45, 2.75) is 5.92 Å². The SMILES string of the molecule is O=C(O)COc1ccc(N2CC(c3ccccc3)C2)cc1. The Morgan fingerprint density at radius 1 is 1.10 bits per heavy atom. The molecule has 3 rings (SSSR count). The summed E-state index contributed by atoms with van der Waals surface area (Å²) in [6.45, 7) is 1.72. The molecule has 0 bridgehead atoms. The Kier molecular flexibility index (Phi) is 3.77. The van der Waals surface area contributed by atoms with E-state index in [0.29, 0.717) is 11.7 Å². The van der Waals surface area contributed by atoms with E-state index < -0.39 is 5.97 Å². The Labute approximate surface area is 123 Å². The molecule has 4 heteroatoms. The molecule has 4 nitrogen and oxygen atoms in total. The van der Waals surface area contributed by atoms with Gasteiger partial charge in [0.2, 0.25) is 0 Å². The Hall–Kier alpha value is -2.49. The van der Waals surface area contributed by atoms with Crippen molar-refractivity contribution in [2.75, 3.05) is 24.6 Å². The van der Waals surface area contributed by atoms with Gasteiger partial charge in [0.1, 0.15) is 5.75 Å². The fraction of sp³-hybridized carbons (Fsp3) is 0.235. The van der Waals surface area contributed by atoms with Crippen LogP contribution in [0.4, 0.5) is 5.69 Å². The van der Waals surface area contributed by atoms with Crippen molar-refractivity contribution in [1.82, 2.24) is 0 Å². The van der Waals surface area contributed by atoms with Gasteiger partial charge in [-0.1, -0.05) is 30.3 Å². The summed E-state index contributed by atoms with van der Waals surface area (Å²) < 4.78 is 5.13. The third kappa shape index (κ3) is 3.16. The van der Waals surface area contributed by atoms with E-state index in [1.807, 2.05) is 30.3 Å². The molecule has 1 heterocycles. The Morgan fingerprint density at radius 2 is 1.76 bits per heavy atom. The monoisotopic (exact) mass is 283 g/mol. The lowest BCUT2D eigenvalue weighted by Crippen LogP contribution is -2.44. The number of hydrogen-bond acceptors (Lipinski definition) is 3. The highest BCUT2D eigenvalue weighted by Crippen LogP contribution is 2.32. The molecule has 0 unspecified atom stereocenters. The number of anilines is 1. The van der Waals surface area contributed by atoms with Gasteiger partial charge < -0.3 is 14.7 Å². The minimum atomic E-state index is -0.965. The van der Waals surface area contributed by atoms with Crippen LogP contribution in [0.15, 0.2) is 54.6 Å². The van der Waals surface area contributed by atoms with Crippen LogP contribution in [-0.4, -0.2) is 30.8 Å². The number of benzene rings is 2. The van der Waals surface area contributed by atoms with Crippen molar-refractivity contribution in [2.24, 2.45) is 0 Å². The van der Waals surface area contributed by atoms with Gasteiger partial charge in [0.25, 0.3) is 0 Å². The molecule has 0 amide bonds. The average molecular weight is 283 g/mol. The smallest absolute Gasteiger partial charge is 0.341 e. The number of carboxylic acids is 1. The molecule has 0 atom stereocenters. The van der Waals surface area contributed by atoms with Crippen LogP contribution in [0.2, 0.25) is 0 Å². The maximum absolute atomic E-state index is 10.4. The number of aliphatic carboxylic acids is 1. The highest BCUT2D eigenvalue weighted by atomic mass is 16.5. The van der Waals surface area contributed by atoms with E-state index in [0.717, 1.165) is 18.8 Å². The maximum atomic E-state index is 10.4. The molecule has 108 valence electrons. The summed E-state index contributed by atoms with van der Waals surface area (Å²) in [4.78, 5) is 12.7. The van der Waals surface area contributed by atoms with Crippen LogP contribution in [0.3, 0.4) is 0 Å².